The van der Waals surface area contributed by atoms with Crippen molar-refractivity contribution in [1.82, 2.24) is 127 Å². The summed E-state index contributed by atoms with van der Waals surface area (Å²) in [5.41, 5.74) is 22.5. The third kappa shape index (κ3) is 51.2. The minimum Gasteiger partial charge on any atom is -0.481 e. The number of aromatic nitrogens is 2. The lowest BCUT2D eigenvalue weighted by Crippen LogP contribution is -2.63. The quantitative estimate of drug-likeness (QED) is 0.0166. The molecule has 0 radical (unpaired) electrons. The Balaban J connectivity index is 2.39. The van der Waals surface area contributed by atoms with Crippen LogP contribution in [0.15, 0.2) is 42.9 Å². The first-order chi connectivity index (χ1) is 70.1. The van der Waals surface area contributed by atoms with E-state index in [9.17, 15) is 121 Å². The van der Waals surface area contributed by atoms with Crippen molar-refractivity contribution in [2.45, 2.75) is 316 Å². The van der Waals surface area contributed by atoms with Crippen LogP contribution in [0, 0.1) is 45.8 Å². The summed E-state index contributed by atoms with van der Waals surface area (Å²) >= 11 is 0. The summed E-state index contributed by atoms with van der Waals surface area (Å²) in [6.45, 7) is 22.4. The lowest BCUT2D eigenvalue weighted by molar-refractivity contribution is -0.142. The van der Waals surface area contributed by atoms with Crippen molar-refractivity contribution in [3.05, 3.63) is 54.1 Å². The number of carboxylic acid groups (broad SMARTS) is 3. The Bertz CT molecular complexity index is 4930. The van der Waals surface area contributed by atoms with Gasteiger partial charge in [0.25, 0.3) is 0 Å². The fourth-order valence-electron chi connectivity index (χ4n) is 14.4. The Hall–Kier alpha value is -15.5. The van der Waals surface area contributed by atoms with Gasteiger partial charge in [0.1, 0.15) is 103 Å². The van der Waals surface area contributed by atoms with Gasteiger partial charge in [-0.1, -0.05) is 99.6 Å². The minimum atomic E-state index is -1.85. The molecular formula is C93H155N31O26. The van der Waals surface area contributed by atoms with Crippen molar-refractivity contribution in [3.63, 3.8) is 0 Å². The molecule has 19 amide bonds. The lowest BCUT2D eigenvalue weighted by Gasteiger charge is -2.31. The molecule has 0 spiro atoms. The molecule has 838 valence electrons. The zero-order valence-electron chi connectivity index (χ0n) is 87.4. The molecule has 38 N–H and O–H groups in total. The SMILES string of the molecule is CC(C)CC(NC(=O)C(Cc1ccccc1)NC(=O)CNC(=O)C(CCC(=O)O)NC(=O)C(CCCNC(=N)N)NC(=O)C(C)NC(=O)C(C)NC(=O)C(N)CC(=O)O)C(=O)NC(C)C(=O)NC(C(=O)NC(CC(C)C)C(=O)NC(C(=O)NC(C(=O)NC(CC(C)C)C(=O)NC(Cc1c[nH]cn1)C(=O)NC(CCCNC(=N)N)C(=O)NC(C)C(=O)NCC(=O)NC(C)C(=O)NC(CCCNC(=N)N)C(=O)O)C(C)C)C(C)C)C(C)O. The average molecular weight is 2120 g/mol. The van der Waals surface area contributed by atoms with Crippen LogP contribution < -0.4 is 140 Å². The number of nitrogens with zero attached hydrogens (tertiary/aromatic N) is 1. The number of hydrogen-bond donors (Lipinski definition) is 34. The van der Waals surface area contributed by atoms with Crippen LogP contribution >= 0.6 is 0 Å². The molecule has 2 rings (SSSR count). The monoisotopic (exact) mass is 2120 g/mol. The van der Waals surface area contributed by atoms with Crippen LogP contribution in [0.5, 0.6) is 0 Å². The number of rotatable bonds is 69. The smallest absolute Gasteiger partial charge is 0.326 e. The minimum absolute atomic E-state index is 0.0154. The highest BCUT2D eigenvalue weighted by molar-refractivity contribution is 6.02. The fraction of sp³-hybridized carbons (Fsp3) is 0.634. The number of aliphatic hydroxyl groups is 1. The van der Waals surface area contributed by atoms with E-state index in [2.05, 4.69) is 127 Å². The van der Waals surface area contributed by atoms with Crippen molar-refractivity contribution < 1.29 is 126 Å². The van der Waals surface area contributed by atoms with Crippen LogP contribution in [-0.2, 0) is 118 Å². The predicted molar refractivity (Wildman–Crippen MR) is 542 cm³/mol. The number of imidazole rings is 1. The van der Waals surface area contributed by atoms with E-state index < -0.39 is 301 Å². The first kappa shape index (κ1) is 131. The molecule has 19 unspecified atom stereocenters. The number of aliphatic carboxylic acids is 3. The molecule has 0 aliphatic heterocycles. The van der Waals surface area contributed by atoms with E-state index in [1.165, 1.54) is 47.1 Å². The summed E-state index contributed by atoms with van der Waals surface area (Å²) in [5.74, 6) is -26.3. The summed E-state index contributed by atoms with van der Waals surface area (Å²) in [4.78, 5) is 307. The van der Waals surface area contributed by atoms with E-state index in [0.717, 1.165) is 6.92 Å². The molecule has 0 saturated heterocycles. The Morgan fingerprint density at radius 1 is 0.333 bits per heavy atom. The van der Waals surface area contributed by atoms with E-state index in [4.69, 9.17) is 44.3 Å². The molecule has 150 heavy (non-hydrogen) atoms. The molecule has 1 aromatic carbocycles. The Labute approximate surface area is 868 Å². The number of nitrogens with one attached hydrogen (secondary N) is 26. The Morgan fingerprint density at radius 2 is 0.653 bits per heavy atom. The summed E-state index contributed by atoms with van der Waals surface area (Å²) in [7, 11) is 0. The van der Waals surface area contributed by atoms with Gasteiger partial charge in [0.2, 0.25) is 112 Å². The van der Waals surface area contributed by atoms with Gasteiger partial charge in [-0.25, -0.2) is 9.78 Å². The van der Waals surface area contributed by atoms with E-state index >= 15 is 0 Å². The van der Waals surface area contributed by atoms with Crippen LogP contribution in [0.3, 0.4) is 0 Å². The maximum absolute atomic E-state index is 14.7. The molecule has 1 aromatic heterocycles. The number of H-pyrrole nitrogens is 1. The highest BCUT2D eigenvalue weighted by Gasteiger charge is 2.41. The Morgan fingerprint density at radius 3 is 1.08 bits per heavy atom. The number of nitrogens with two attached hydrogens (primary N) is 4. The van der Waals surface area contributed by atoms with E-state index in [1.807, 2.05) is 0 Å². The lowest BCUT2D eigenvalue weighted by atomic mass is 9.97. The van der Waals surface area contributed by atoms with Crippen LogP contribution in [0.2, 0.25) is 0 Å². The Kier molecular flexibility index (Phi) is 58.0. The van der Waals surface area contributed by atoms with Crippen molar-refractivity contribution in [2.24, 2.45) is 52.5 Å². The van der Waals surface area contributed by atoms with Crippen LogP contribution in [-0.4, -0.2) is 326 Å². The van der Waals surface area contributed by atoms with E-state index in [-0.39, 0.29) is 120 Å². The molecule has 57 heteroatoms. The fourth-order valence-corrected chi connectivity index (χ4v) is 14.4. The number of aromatic amines is 1. The standard InChI is InChI=1S/C93H155N31O26/c1-43(2)33-61(118-84(143)64(36-54-23-18-17-19-24-54)113-67(127)41-106-79(138)59(28-29-68(128)129)116-81(140)58(26-21-31-103-92(97)98)114-76(135)51(14)109-74(133)50(13)110-78(137)56(94)38-69(130)131)82(141)112-52(15)77(136)124-72(53(16)125)89(148)121-63(35-45(5)6)86(145)122-71(47(9)10)88(147)123-70(46(7)8)87(146)120-62(34-44(3)4)83(142)119-65(37-55-39-101-42-107-55)85(144)115-57(25-20-30-102-91(95)96)80(139)111-48(11)73(132)105-40-66(126)108-49(12)75(134)117-60(90(149)150)27-22-32-104-93(99)100/h17-19,23-24,39,42-53,56-65,70-72,125H,20-22,25-38,40-41,94H2,1-16H3,(H,101,107)(H,105,132)(H,106,138)(H,108,126)(H,109,133)(H,110,137)(H,111,139)(H,112,141)(H,113,127)(H,114,135)(H,115,144)(H,116,140)(H,117,134)(H,118,143)(H,119,142)(H,120,146)(H,121,148)(H,122,145)(H,123,147)(H,124,136)(H,128,129)(H,130,131)(H,149,150)(H4,95,96,102)(H4,97,98,103)(H4,99,100,104). The van der Waals surface area contributed by atoms with Gasteiger partial charge < -0.3 is 165 Å². The highest BCUT2D eigenvalue weighted by Crippen LogP contribution is 2.17. The first-order valence-corrected chi connectivity index (χ1v) is 49.2. The number of benzene rings is 1. The van der Waals surface area contributed by atoms with Gasteiger partial charge in [0.15, 0.2) is 17.9 Å². The van der Waals surface area contributed by atoms with Crippen molar-refractivity contribution in [1.29, 1.82) is 16.2 Å². The summed E-state index contributed by atoms with van der Waals surface area (Å²) in [6.07, 6.45) is -2.04. The number of carboxylic acids is 3. The molecule has 0 fully saturated rings. The number of carbonyl (C=O) groups is 22. The molecule has 0 aliphatic carbocycles. The number of hydrogen-bond acceptors (Lipinski definition) is 28. The molecule has 57 nitrogen and oxygen atoms in total. The molecule has 0 aliphatic rings. The van der Waals surface area contributed by atoms with Crippen LogP contribution in [0.1, 0.15) is 199 Å². The van der Waals surface area contributed by atoms with Gasteiger partial charge >= 0.3 is 17.9 Å². The van der Waals surface area contributed by atoms with Gasteiger partial charge in [-0.05, 0) is 141 Å². The molecular weight excluding hydrogens is 1970 g/mol. The number of carbonyl (C=O) groups excluding carboxylic acids is 19. The molecule has 1 heterocycles. The molecule has 0 saturated carbocycles. The third-order valence-corrected chi connectivity index (χ3v) is 22.6. The van der Waals surface area contributed by atoms with Gasteiger partial charge in [-0.3, -0.25) is 117 Å². The average Bonchev–Trinajstić information content (AvgIpc) is 0.892. The molecule has 0 bridgehead atoms. The largest absolute Gasteiger partial charge is 0.481 e. The topological polar surface area (TPSA) is 925 Å². The summed E-state index contributed by atoms with van der Waals surface area (Å²) < 4.78 is 0. The van der Waals surface area contributed by atoms with Gasteiger partial charge in [-0.2, -0.15) is 0 Å². The van der Waals surface area contributed by atoms with E-state index in [1.54, 1.807) is 99.6 Å². The maximum Gasteiger partial charge on any atom is 0.326 e. The van der Waals surface area contributed by atoms with Crippen molar-refractivity contribution in [2.75, 3.05) is 32.7 Å². The number of guanidine groups is 3. The molecule has 2 aromatic rings. The van der Waals surface area contributed by atoms with Crippen LogP contribution in [0.25, 0.3) is 0 Å². The zero-order chi connectivity index (χ0) is 114. The highest BCUT2D eigenvalue weighted by atomic mass is 16.4. The van der Waals surface area contributed by atoms with Crippen LogP contribution in [0.4, 0.5) is 0 Å². The van der Waals surface area contributed by atoms with Gasteiger partial charge in [0, 0.05) is 45.1 Å². The second-order valence-electron chi connectivity index (χ2n) is 38.2. The van der Waals surface area contributed by atoms with Crippen molar-refractivity contribution >= 4 is 148 Å². The van der Waals surface area contributed by atoms with Gasteiger partial charge in [-0.15, -0.1) is 0 Å². The maximum atomic E-state index is 14.7. The number of aliphatic hydroxyl groups excluding tert-OH is 1. The van der Waals surface area contributed by atoms with Gasteiger partial charge in [0.05, 0.1) is 43.7 Å². The summed E-state index contributed by atoms with van der Waals surface area (Å²) in [5, 5.41) is 116. The first-order valence-electron chi connectivity index (χ1n) is 49.2. The third-order valence-electron chi connectivity index (χ3n) is 22.6. The second-order valence-corrected chi connectivity index (χ2v) is 38.2. The predicted octanol–water partition coefficient (Wildman–Crippen LogP) is -8.86. The van der Waals surface area contributed by atoms with E-state index in [0.29, 0.717) is 5.56 Å². The number of amides is 19. The summed E-state index contributed by atoms with van der Waals surface area (Å²) in [6, 6.07) is -18.7. The van der Waals surface area contributed by atoms with Crippen molar-refractivity contribution in [3.8, 4) is 0 Å². The second kappa shape index (κ2) is 66.7. The molecule has 19 atom stereocenters. The zero-order valence-corrected chi connectivity index (χ0v) is 87.4. The normalized spacial score (nSPS) is 14.9.